The zero-order chi connectivity index (χ0) is 37.3. The number of aromatic nitrogens is 1. The van der Waals surface area contributed by atoms with E-state index in [0.29, 0.717) is 5.89 Å². The van der Waals surface area contributed by atoms with Gasteiger partial charge in [0.1, 0.15) is 5.52 Å². The summed E-state index contributed by atoms with van der Waals surface area (Å²) in [5.74, 6) is 0.642. The van der Waals surface area contributed by atoms with Gasteiger partial charge in [-0.1, -0.05) is 152 Å². The van der Waals surface area contributed by atoms with Crippen molar-refractivity contribution in [2.75, 3.05) is 4.90 Å². The predicted molar refractivity (Wildman–Crippen MR) is 233 cm³/mol. The molecule has 9 aromatic carbocycles. The van der Waals surface area contributed by atoms with Crippen LogP contribution >= 0.6 is 0 Å². The van der Waals surface area contributed by atoms with Gasteiger partial charge in [0.05, 0.1) is 0 Å². The molecule has 0 amide bonds. The molecule has 0 aliphatic carbocycles. The lowest BCUT2D eigenvalue weighted by Crippen LogP contribution is -2.09. The second kappa shape index (κ2) is 14.4. The molecule has 0 radical (unpaired) electrons. The molecule has 10 aromatic rings. The zero-order valence-electron chi connectivity index (χ0n) is 30.6. The van der Waals surface area contributed by atoms with Crippen molar-refractivity contribution in [1.29, 1.82) is 0 Å². The molecule has 264 valence electrons. The molecule has 1 heterocycles. The Morgan fingerprint density at radius 3 is 1.16 bits per heavy atom. The summed E-state index contributed by atoms with van der Waals surface area (Å²) < 4.78 is 6.28. The highest BCUT2D eigenvalue weighted by atomic mass is 16.3. The molecule has 56 heavy (non-hydrogen) atoms. The third-order valence-corrected chi connectivity index (χ3v) is 10.5. The van der Waals surface area contributed by atoms with Crippen LogP contribution < -0.4 is 4.90 Å². The van der Waals surface area contributed by atoms with E-state index in [1.165, 1.54) is 38.9 Å². The summed E-state index contributed by atoms with van der Waals surface area (Å²) in [6.45, 7) is 0. The first kappa shape index (κ1) is 33.1. The van der Waals surface area contributed by atoms with Crippen LogP contribution in [0, 0.1) is 0 Å². The standard InChI is InChI=1S/C53H36N2O/c1-4-10-37(11-5-1)40-20-28-47(29-21-40)55(48-30-22-41(23-31-48)38-12-6-2-7-13-38)49-32-24-42(25-33-49)39-16-18-43(19-17-39)45-26-34-50-46(36-45)27-35-51-52(50)56-53(54-51)44-14-8-3-9-15-44/h1-36H. The summed E-state index contributed by atoms with van der Waals surface area (Å²) in [5.41, 5.74) is 15.4. The Bertz CT molecular complexity index is 2820. The fraction of sp³-hybridized carbons (Fsp3) is 0. The molecule has 0 saturated carbocycles. The Balaban J connectivity index is 0.930. The van der Waals surface area contributed by atoms with Crippen LogP contribution in [0.25, 0.3) is 77.8 Å². The number of hydrogen-bond donors (Lipinski definition) is 0. The molecule has 0 spiro atoms. The Morgan fingerprint density at radius 2 is 0.696 bits per heavy atom. The average Bonchev–Trinajstić information content (AvgIpc) is 3.73. The van der Waals surface area contributed by atoms with Crippen LogP contribution in [0.4, 0.5) is 17.1 Å². The van der Waals surface area contributed by atoms with Crippen LogP contribution in [-0.2, 0) is 0 Å². The molecule has 0 aliphatic heterocycles. The Hall–Kier alpha value is -7.49. The molecule has 3 nitrogen and oxygen atoms in total. The number of rotatable bonds is 8. The van der Waals surface area contributed by atoms with Gasteiger partial charge < -0.3 is 9.32 Å². The predicted octanol–water partition coefficient (Wildman–Crippen LogP) is 14.8. The SMILES string of the molecule is c1ccc(-c2ccc(N(c3ccc(-c4ccccc4)cc3)c3ccc(-c4ccc(-c5ccc6c(ccc7nc(-c8ccccc8)oc76)c5)cc4)cc3)cc2)cc1. The smallest absolute Gasteiger partial charge is 0.227 e. The minimum atomic E-state index is 0.642. The maximum absolute atomic E-state index is 6.28. The van der Waals surface area contributed by atoms with Crippen LogP contribution in [-0.4, -0.2) is 4.98 Å². The van der Waals surface area contributed by atoms with Crippen molar-refractivity contribution in [2.24, 2.45) is 0 Å². The van der Waals surface area contributed by atoms with E-state index in [2.05, 4.69) is 187 Å². The van der Waals surface area contributed by atoms with Gasteiger partial charge in [-0.25, -0.2) is 4.98 Å². The van der Waals surface area contributed by atoms with Crippen LogP contribution in [0.1, 0.15) is 0 Å². The molecule has 0 aliphatic rings. The normalized spacial score (nSPS) is 11.2. The van der Waals surface area contributed by atoms with Gasteiger partial charge in [0.2, 0.25) is 5.89 Å². The van der Waals surface area contributed by atoms with Gasteiger partial charge in [-0.05, 0) is 117 Å². The van der Waals surface area contributed by atoms with E-state index in [1.54, 1.807) is 0 Å². The maximum Gasteiger partial charge on any atom is 0.227 e. The fourth-order valence-corrected chi connectivity index (χ4v) is 7.57. The molecule has 10 rings (SSSR count). The molecule has 1 aromatic heterocycles. The third kappa shape index (κ3) is 6.42. The second-order valence-corrected chi connectivity index (χ2v) is 14.0. The molecule has 0 N–H and O–H groups in total. The number of fused-ring (bicyclic) bond motifs is 3. The van der Waals surface area contributed by atoms with Crippen LogP contribution in [0.5, 0.6) is 0 Å². The number of hydrogen-bond acceptors (Lipinski definition) is 3. The Morgan fingerprint density at radius 1 is 0.321 bits per heavy atom. The fourth-order valence-electron chi connectivity index (χ4n) is 7.57. The van der Waals surface area contributed by atoms with Crippen molar-refractivity contribution in [1.82, 2.24) is 4.98 Å². The van der Waals surface area contributed by atoms with Crippen molar-refractivity contribution < 1.29 is 4.42 Å². The topological polar surface area (TPSA) is 29.3 Å². The van der Waals surface area contributed by atoms with E-state index in [4.69, 9.17) is 9.40 Å². The molecule has 0 unspecified atom stereocenters. The first-order valence-corrected chi connectivity index (χ1v) is 18.9. The summed E-state index contributed by atoms with van der Waals surface area (Å²) in [6.07, 6.45) is 0. The first-order valence-electron chi connectivity index (χ1n) is 18.9. The Kier molecular flexibility index (Phi) is 8.51. The number of nitrogens with zero attached hydrogens (tertiary/aromatic N) is 2. The lowest BCUT2D eigenvalue weighted by molar-refractivity contribution is 0.623. The minimum Gasteiger partial charge on any atom is -0.435 e. The van der Waals surface area contributed by atoms with Crippen molar-refractivity contribution in [2.45, 2.75) is 0 Å². The van der Waals surface area contributed by atoms with Gasteiger partial charge in [0.25, 0.3) is 0 Å². The van der Waals surface area contributed by atoms with E-state index in [-0.39, 0.29) is 0 Å². The molecule has 0 fully saturated rings. The number of anilines is 3. The van der Waals surface area contributed by atoms with E-state index in [9.17, 15) is 0 Å². The molecule has 3 heteroatoms. The zero-order valence-corrected chi connectivity index (χ0v) is 30.6. The lowest BCUT2D eigenvalue weighted by atomic mass is 9.98. The quantitative estimate of drug-likeness (QED) is 0.157. The summed E-state index contributed by atoms with van der Waals surface area (Å²) in [7, 11) is 0. The van der Waals surface area contributed by atoms with Gasteiger partial charge in [-0.3, -0.25) is 0 Å². The van der Waals surface area contributed by atoms with E-state index < -0.39 is 0 Å². The lowest BCUT2D eigenvalue weighted by Gasteiger charge is -2.26. The van der Waals surface area contributed by atoms with Gasteiger partial charge in [0.15, 0.2) is 5.58 Å². The van der Waals surface area contributed by atoms with E-state index in [1.807, 2.05) is 36.4 Å². The second-order valence-electron chi connectivity index (χ2n) is 14.0. The van der Waals surface area contributed by atoms with E-state index in [0.717, 1.165) is 50.1 Å². The molecular weight excluding hydrogens is 681 g/mol. The summed E-state index contributed by atoms with van der Waals surface area (Å²) >= 11 is 0. The van der Waals surface area contributed by atoms with Crippen molar-refractivity contribution >= 4 is 38.9 Å². The summed E-state index contributed by atoms with van der Waals surface area (Å²) in [6, 6.07) is 77.2. The maximum atomic E-state index is 6.28. The van der Waals surface area contributed by atoms with Crippen molar-refractivity contribution in [3.63, 3.8) is 0 Å². The highest BCUT2D eigenvalue weighted by molar-refractivity contribution is 6.05. The Labute approximate surface area is 326 Å². The van der Waals surface area contributed by atoms with Crippen LogP contribution in [0.2, 0.25) is 0 Å². The van der Waals surface area contributed by atoms with Crippen molar-refractivity contribution in [3.8, 4) is 56.0 Å². The number of benzene rings is 9. The van der Waals surface area contributed by atoms with E-state index >= 15 is 0 Å². The highest BCUT2D eigenvalue weighted by Crippen LogP contribution is 2.38. The average molecular weight is 717 g/mol. The summed E-state index contributed by atoms with van der Waals surface area (Å²) in [4.78, 5) is 7.08. The molecule has 0 atom stereocenters. The summed E-state index contributed by atoms with van der Waals surface area (Å²) in [5, 5.41) is 2.19. The van der Waals surface area contributed by atoms with Gasteiger partial charge in [-0.2, -0.15) is 0 Å². The number of oxazole rings is 1. The van der Waals surface area contributed by atoms with Crippen molar-refractivity contribution in [3.05, 3.63) is 218 Å². The monoisotopic (exact) mass is 716 g/mol. The molecule has 0 saturated heterocycles. The van der Waals surface area contributed by atoms with Gasteiger partial charge in [0, 0.05) is 28.0 Å². The largest absolute Gasteiger partial charge is 0.435 e. The molecule has 0 bridgehead atoms. The van der Waals surface area contributed by atoms with Crippen LogP contribution in [0.3, 0.4) is 0 Å². The highest BCUT2D eigenvalue weighted by Gasteiger charge is 2.15. The van der Waals surface area contributed by atoms with Gasteiger partial charge in [-0.15, -0.1) is 0 Å². The minimum absolute atomic E-state index is 0.642. The first-order chi connectivity index (χ1) is 27.7. The van der Waals surface area contributed by atoms with Gasteiger partial charge >= 0.3 is 0 Å². The van der Waals surface area contributed by atoms with Crippen LogP contribution in [0.15, 0.2) is 223 Å². The molecular formula is C53H36N2O. The third-order valence-electron chi connectivity index (χ3n) is 10.5.